The lowest BCUT2D eigenvalue weighted by Crippen LogP contribution is -2.23. The highest BCUT2D eigenvalue weighted by molar-refractivity contribution is 5.74. The van der Waals surface area contributed by atoms with Crippen molar-refractivity contribution >= 4 is 18.3 Å². The predicted molar refractivity (Wildman–Crippen MR) is 31.9 cm³/mol. The second-order valence-corrected chi connectivity index (χ2v) is 1.53. The fourth-order valence-corrected chi connectivity index (χ4v) is 0.260. The van der Waals surface area contributed by atoms with E-state index in [-0.39, 0.29) is 6.54 Å². The fraction of sp³-hybridized carbons (Fsp3) is 0.400. The van der Waals surface area contributed by atoms with Gasteiger partial charge in [0.1, 0.15) is 6.54 Å². The lowest BCUT2D eigenvalue weighted by molar-refractivity contribution is -0.256. The molecule has 11 heavy (non-hydrogen) atoms. The maximum atomic E-state index is 10.4. The van der Waals surface area contributed by atoms with Gasteiger partial charge in [0.15, 0.2) is 0 Å². The molecule has 1 amide bonds. The van der Waals surface area contributed by atoms with Gasteiger partial charge in [-0.05, 0) is 0 Å². The molecule has 0 aliphatic rings. The van der Waals surface area contributed by atoms with E-state index in [0.29, 0.717) is 6.41 Å². The first kappa shape index (κ1) is 9.41. The van der Waals surface area contributed by atoms with Crippen LogP contribution in [-0.2, 0) is 24.2 Å². The third-order valence-electron chi connectivity index (χ3n) is 0.582. The second kappa shape index (κ2) is 5.21. The molecule has 0 spiro atoms. The largest absolute Gasteiger partial charge is 0.374 e. The van der Waals surface area contributed by atoms with Crippen LogP contribution in [0.1, 0.15) is 6.92 Å². The van der Waals surface area contributed by atoms with Crippen LogP contribution < -0.4 is 5.32 Å². The van der Waals surface area contributed by atoms with Gasteiger partial charge in [0.25, 0.3) is 0 Å². The quantitative estimate of drug-likeness (QED) is 0.318. The Morgan fingerprint density at radius 1 is 1.45 bits per heavy atom. The van der Waals surface area contributed by atoms with E-state index in [2.05, 4.69) is 9.78 Å². The smallest absolute Gasteiger partial charge is 0.348 e. The highest BCUT2D eigenvalue weighted by Gasteiger charge is 2.03. The maximum Gasteiger partial charge on any atom is 0.374 e. The summed E-state index contributed by atoms with van der Waals surface area (Å²) in [5.74, 6) is -1.57. The van der Waals surface area contributed by atoms with Gasteiger partial charge in [0.05, 0.1) is 0 Å². The Kier molecular flexibility index (Phi) is 4.46. The lowest BCUT2D eigenvalue weighted by atomic mass is 10.7. The summed E-state index contributed by atoms with van der Waals surface area (Å²) in [4.78, 5) is 37.8. The molecular weight excluding hydrogens is 154 g/mol. The molecule has 0 radical (unpaired) electrons. The number of hydrogen-bond acceptors (Lipinski definition) is 5. The van der Waals surface area contributed by atoms with Crippen LogP contribution >= 0.6 is 0 Å². The first-order valence-electron chi connectivity index (χ1n) is 2.71. The number of amides is 1. The third-order valence-corrected chi connectivity index (χ3v) is 0.582. The Morgan fingerprint density at radius 2 is 2.09 bits per heavy atom. The molecule has 0 saturated carbocycles. The van der Waals surface area contributed by atoms with Gasteiger partial charge in [-0.25, -0.2) is 19.4 Å². The minimum absolute atomic E-state index is 0.323. The molecule has 62 valence electrons. The summed E-state index contributed by atoms with van der Waals surface area (Å²) in [6.45, 7) is 0.761. The molecule has 0 saturated heterocycles. The zero-order chi connectivity index (χ0) is 8.69. The molecule has 0 bridgehead atoms. The van der Waals surface area contributed by atoms with Crippen molar-refractivity contribution in [2.24, 2.45) is 0 Å². The van der Waals surface area contributed by atoms with E-state index in [9.17, 15) is 14.4 Å². The van der Waals surface area contributed by atoms with Gasteiger partial charge >= 0.3 is 11.9 Å². The summed E-state index contributed by atoms with van der Waals surface area (Å²) in [6, 6.07) is 0. The van der Waals surface area contributed by atoms with Crippen LogP contribution in [0.4, 0.5) is 0 Å². The van der Waals surface area contributed by atoms with Crippen LogP contribution in [0.15, 0.2) is 0 Å². The molecule has 0 fully saturated rings. The average Bonchev–Trinajstić information content (AvgIpc) is 1.97. The number of nitrogens with one attached hydrogen (secondary N) is 1. The first-order chi connectivity index (χ1) is 5.16. The van der Waals surface area contributed by atoms with E-state index >= 15 is 0 Å². The summed E-state index contributed by atoms with van der Waals surface area (Å²) in [5, 5.41) is 2.03. The zero-order valence-electron chi connectivity index (χ0n) is 5.83. The van der Waals surface area contributed by atoms with Crippen molar-refractivity contribution in [2.75, 3.05) is 6.54 Å². The van der Waals surface area contributed by atoms with Crippen LogP contribution in [0.25, 0.3) is 0 Å². The molecular formula is C5H7NO5. The number of rotatable bonds is 3. The Balaban J connectivity index is 3.37. The van der Waals surface area contributed by atoms with Crippen LogP contribution in [0.3, 0.4) is 0 Å². The monoisotopic (exact) mass is 161 g/mol. The van der Waals surface area contributed by atoms with Crippen LogP contribution in [0, 0.1) is 0 Å². The summed E-state index contributed by atoms with van der Waals surface area (Å²) >= 11 is 0. The van der Waals surface area contributed by atoms with Crippen molar-refractivity contribution in [1.29, 1.82) is 0 Å². The Bertz CT molecular complexity index is 166. The minimum Gasteiger partial charge on any atom is -0.348 e. The molecule has 0 aromatic heterocycles. The number of carbonyl (C=O) groups is 3. The standard InChI is InChI=1S/C5H7NO5/c1-4(8)10-11-5(9)2-6-3-7/h3H,2H2,1H3,(H,6,7). The number of carbonyl (C=O) groups excluding carboxylic acids is 3. The summed E-state index contributed by atoms with van der Waals surface area (Å²) < 4.78 is 0. The molecule has 0 aliphatic heterocycles. The van der Waals surface area contributed by atoms with E-state index in [1.54, 1.807) is 0 Å². The van der Waals surface area contributed by atoms with Gasteiger partial charge < -0.3 is 5.32 Å². The fourth-order valence-electron chi connectivity index (χ4n) is 0.260. The SMILES string of the molecule is CC(=O)OOC(=O)CNC=O. The van der Waals surface area contributed by atoms with E-state index in [1.807, 2.05) is 5.32 Å². The van der Waals surface area contributed by atoms with Crippen molar-refractivity contribution in [3.8, 4) is 0 Å². The highest BCUT2D eigenvalue weighted by atomic mass is 17.2. The van der Waals surface area contributed by atoms with Crippen LogP contribution in [0.5, 0.6) is 0 Å². The minimum atomic E-state index is -0.840. The molecule has 1 N–H and O–H groups in total. The molecule has 0 aliphatic carbocycles. The highest BCUT2D eigenvalue weighted by Crippen LogP contribution is 1.79. The Hall–Kier alpha value is -1.59. The van der Waals surface area contributed by atoms with Gasteiger partial charge in [-0.1, -0.05) is 0 Å². The molecule has 0 atom stereocenters. The lowest BCUT2D eigenvalue weighted by Gasteiger charge is -1.98. The van der Waals surface area contributed by atoms with E-state index < -0.39 is 11.9 Å². The van der Waals surface area contributed by atoms with Gasteiger partial charge in [-0.15, -0.1) is 0 Å². The molecule has 6 nitrogen and oxygen atoms in total. The number of hydrogen-bond donors (Lipinski definition) is 1. The summed E-state index contributed by atoms with van der Waals surface area (Å²) in [7, 11) is 0. The van der Waals surface area contributed by atoms with E-state index in [0.717, 1.165) is 6.92 Å². The van der Waals surface area contributed by atoms with Gasteiger partial charge in [-0.3, -0.25) is 4.79 Å². The van der Waals surface area contributed by atoms with Crippen molar-refractivity contribution in [2.45, 2.75) is 6.92 Å². The second-order valence-electron chi connectivity index (χ2n) is 1.53. The predicted octanol–water partition coefficient (Wildman–Crippen LogP) is -1.25. The van der Waals surface area contributed by atoms with Crippen molar-refractivity contribution in [3.63, 3.8) is 0 Å². The van der Waals surface area contributed by atoms with Crippen molar-refractivity contribution in [3.05, 3.63) is 0 Å². The molecule has 0 rings (SSSR count). The molecule has 0 aromatic rings. The molecule has 6 heteroatoms. The zero-order valence-corrected chi connectivity index (χ0v) is 5.83. The normalized spacial score (nSPS) is 8.09. The first-order valence-corrected chi connectivity index (χ1v) is 2.71. The summed E-state index contributed by atoms with van der Waals surface area (Å²) in [6.07, 6.45) is 0.328. The van der Waals surface area contributed by atoms with Crippen LogP contribution in [-0.4, -0.2) is 24.9 Å². The Labute approximate surface area is 62.4 Å². The van der Waals surface area contributed by atoms with Crippen molar-refractivity contribution < 1.29 is 24.2 Å². The summed E-state index contributed by atoms with van der Waals surface area (Å²) in [5.41, 5.74) is 0. The molecule has 0 aromatic carbocycles. The van der Waals surface area contributed by atoms with Crippen molar-refractivity contribution in [1.82, 2.24) is 5.32 Å². The topological polar surface area (TPSA) is 81.7 Å². The van der Waals surface area contributed by atoms with E-state index in [1.165, 1.54) is 0 Å². The van der Waals surface area contributed by atoms with E-state index in [4.69, 9.17) is 0 Å². The molecule has 0 heterocycles. The van der Waals surface area contributed by atoms with Gasteiger partial charge in [-0.2, -0.15) is 0 Å². The van der Waals surface area contributed by atoms with Gasteiger partial charge in [0, 0.05) is 6.92 Å². The van der Waals surface area contributed by atoms with Gasteiger partial charge in [0.2, 0.25) is 6.41 Å². The third kappa shape index (κ3) is 6.29. The maximum absolute atomic E-state index is 10.4. The molecule has 0 unspecified atom stereocenters. The van der Waals surface area contributed by atoms with Crippen LogP contribution in [0.2, 0.25) is 0 Å². The average molecular weight is 161 g/mol. The Morgan fingerprint density at radius 3 is 2.55 bits per heavy atom.